The van der Waals surface area contributed by atoms with Crippen molar-refractivity contribution in [2.24, 2.45) is 12.9 Å². The number of ether oxygens (including phenoxy) is 1. The smallest absolute Gasteiger partial charge is 0.227 e. The van der Waals surface area contributed by atoms with Crippen molar-refractivity contribution in [2.75, 3.05) is 5.43 Å². The van der Waals surface area contributed by atoms with E-state index < -0.39 is 0 Å². The molecule has 0 aliphatic heterocycles. The van der Waals surface area contributed by atoms with Gasteiger partial charge in [0, 0.05) is 7.05 Å². The third-order valence-corrected chi connectivity index (χ3v) is 2.07. The van der Waals surface area contributed by atoms with Gasteiger partial charge in [-0.05, 0) is 6.92 Å². The van der Waals surface area contributed by atoms with Crippen LogP contribution in [0.25, 0.3) is 0 Å². The lowest BCUT2D eigenvalue weighted by atomic mass is 10.3. The van der Waals surface area contributed by atoms with Gasteiger partial charge in [-0.3, -0.25) is 4.68 Å². The summed E-state index contributed by atoms with van der Waals surface area (Å²) in [5, 5.41) is 3.99. The summed E-state index contributed by atoms with van der Waals surface area (Å²) in [6, 6.07) is 0. The number of nitrogens with two attached hydrogens (primary N) is 1. The Balaban J connectivity index is 2.28. The van der Waals surface area contributed by atoms with Crippen molar-refractivity contribution in [3.63, 3.8) is 0 Å². The molecule has 0 aromatic carbocycles. The van der Waals surface area contributed by atoms with Crippen LogP contribution >= 0.6 is 0 Å². The Morgan fingerprint density at radius 1 is 1.44 bits per heavy atom. The number of hydrogen-bond acceptors (Lipinski definition) is 6. The van der Waals surface area contributed by atoms with Gasteiger partial charge in [-0.15, -0.1) is 0 Å². The Bertz CT molecular complexity index is 494. The number of nitrogens with zero attached hydrogens (tertiary/aromatic N) is 4. The number of aryl methyl sites for hydroxylation is 1. The molecule has 0 saturated heterocycles. The number of hydrazine groups is 1. The predicted molar refractivity (Wildman–Crippen MR) is 57.9 cm³/mol. The third-order valence-electron chi connectivity index (χ3n) is 2.07. The maximum atomic E-state index is 5.54. The maximum Gasteiger partial charge on any atom is 0.227 e. The molecule has 0 fully saturated rings. The number of anilines is 1. The van der Waals surface area contributed by atoms with Crippen LogP contribution in [0.15, 0.2) is 18.7 Å². The van der Waals surface area contributed by atoms with Crippen LogP contribution in [0.2, 0.25) is 0 Å². The first kappa shape index (κ1) is 10.4. The Kier molecular flexibility index (Phi) is 2.69. The number of nitrogens with one attached hydrogen (secondary N) is 1. The molecule has 0 aliphatic carbocycles. The Morgan fingerprint density at radius 3 is 2.88 bits per heavy atom. The standard InChI is InChI=1S/C9H12N6O/c1-6-8(14-10)11-5-12-9(6)16-7-3-13-15(2)4-7/h3-5H,10H2,1-2H3,(H,11,12,14). The number of rotatable bonds is 3. The van der Waals surface area contributed by atoms with Crippen molar-refractivity contribution in [3.05, 3.63) is 24.3 Å². The molecule has 0 unspecified atom stereocenters. The second kappa shape index (κ2) is 4.15. The normalized spacial score (nSPS) is 10.2. The van der Waals surface area contributed by atoms with Crippen molar-refractivity contribution in [2.45, 2.75) is 6.92 Å². The predicted octanol–water partition coefficient (Wildman–Crippen LogP) is 0.596. The molecule has 84 valence electrons. The van der Waals surface area contributed by atoms with Crippen LogP contribution in [-0.4, -0.2) is 19.7 Å². The van der Waals surface area contributed by atoms with Gasteiger partial charge in [0.1, 0.15) is 12.1 Å². The Hall–Kier alpha value is -2.15. The van der Waals surface area contributed by atoms with E-state index >= 15 is 0 Å². The lowest BCUT2D eigenvalue weighted by Crippen LogP contribution is -2.10. The summed E-state index contributed by atoms with van der Waals surface area (Å²) in [4.78, 5) is 7.98. The van der Waals surface area contributed by atoms with E-state index in [9.17, 15) is 0 Å². The average Bonchev–Trinajstić information content (AvgIpc) is 2.67. The van der Waals surface area contributed by atoms with Crippen LogP contribution in [0.5, 0.6) is 11.6 Å². The van der Waals surface area contributed by atoms with Crippen LogP contribution in [0.1, 0.15) is 5.56 Å². The number of hydrogen-bond donors (Lipinski definition) is 2. The highest BCUT2D eigenvalue weighted by atomic mass is 16.5. The minimum Gasteiger partial charge on any atom is -0.435 e. The molecule has 7 heteroatoms. The molecule has 0 amide bonds. The second-order valence-electron chi connectivity index (χ2n) is 3.25. The minimum atomic E-state index is 0.455. The molecule has 0 atom stereocenters. The summed E-state index contributed by atoms with van der Waals surface area (Å²) < 4.78 is 7.19. The van der Waals surface area contributed by atoms with Crippen molar-refractivity contribution < 1.29 is 4.74 Å². The monoisotopic (exact) mass is 220 g/mol. The third kappa shape index (κ3) is 1.94. The first-order valence-electron chi connectivity index (χ1n) is 4.65. The van der Waals surface area contributed by atoms with Gasteiger partial charge < -0.3 is 10.2 Å². The molecule has 0 radical (unpaired) electrons. The van der Waals surface area contributed by atoms with Crippen LogP contribution in [0, 0.1) is 6.92 Å². The molecule has 2 aromatic heterocycles. The van der Waals surface area contributed by atoms with Gasteiger partial charge in [0.05, 0.1) is 18.0 Å². The molecule has 0 bridgehead atoms. The number of aromatic nitrogens is 4. The van der Waals surface area contributed by atoms with E-state index in [0.717, 1.165) is 5.56 Å². The maximum absolute atomic E-state index is 5.54. The Labute approximate surface area is 92.2 Å². The van der Waals surface area contributed by atoms with Crippen LogP contribution < -0.4 is 16.0 Å². The van der Waals surface area contributed by atoms with Gasteiger partial charge in [-0.2, -0.15) is 5.10 Å². The highest BCUT2D eigenvalue weighted by Gasteiger charge is 2.08. The fourth-order valence-electron chi connectivity index (χ4n) is 1.25. The van der Waals surface area contributed by atoms with Gasteiger partial charge in [0.15, 0.2) is 5.75 Å². The first-order valence-corrected chi connectivity index (χ1v) is 4.65. The lowest BCUT2D eigenvalue weighted by Gasteiger charge is -2.07. The zero-order valence-corrected chi connectivity index (χ0v) is 9.01. The van der Waals surface area contributed by atoms with E-state index in [0.29, 0.717) is 17.4 Å². The van der Waals surface area contributed by atoms with E-state index in [1.165, 1.54) is 6.33 Å². The molecule has 0 saturated carbocycles. The van der Waals surface area contributed by atoms with Gasteiger partial charge in [0.25, 0.3) is 0 Å². The summed E-state index contributed by atoms with van der Waals surface area (Å²) >= 11 is 0. The van der Waals surface area contributed by atoms with Crippen LogP contribution in [-0.2, 0) is 7.05 Å². The molecule has 2 rings (SSSR count). The molecule has 16 heavy (non-hydrogen) atoms. The Morgan fingerprint density at radius 2 is 2.25 bits per heavy atom. The summed E-state index contributed by atoms with van der Waals surface area (Å²) in [5.74, 6) is 6.91. The fraction of sp³-hybridized carbons (Fsp3) is 0.222. The van der Waals surface area contributed by atoms with Gasteiger partial charge in [-0.1, -0.05) is 0 Å². The van der Waals surface area contributed by atoms with Gasteiger partial charge in [-0.25, -0.2) is 15.8 Å². The molecule has 7 nitrogen and oxygen atoms in total. The molecule has 0 aliphatic rings. The molecular formula is C9H12N6O. The fourth-order valence-corrected chi connectivity index (χ4v) is 1.25. The average molecular weight is 220 g/mol. The highest BCUT2D eigenvalue weighted by molar-refractivity contribution is 5.47. The molecule has 3 N–H and O–H groups in total. The molecule has 2 heterocycles. The summed E-state index contributed by atoms with van der Waals surface area (Å²) in [6.45, 7) is 1.82. The van der Waals surface area contributed by atoms with Crippen molar-refractivity contribution >= 4 is 5.82 Å². The largest absolute Gasteiger partial charge is 0.435 e. The number of nitrogen functional groups attached to an aromatic ring is 1. The first-order chi connectivity index (χ1) is 7.70. The van der Waals surface area contributed by atoms with Crippen molar-refractivity contribution in [3.8, 4) is 11.6 Å². The van der Waals surface area contributed by atoms with E-state index in [1.54, 1.807) is 17.1 Å². The van der Waals surface area contributed by atoms with Crippen LogP contribution in [0.4, 0.5) is 5.82 Å². The lowest BCUT2D eigenvalue weighted by molar-refractivity contribution is 0.457. The zero-order chi connectivity index (χ0) is 11.5. The van der Waals surface area contributed by atoms with E-state index in [-0.39, 0.29) is 0 Å². The van der Waals surface area contributed by atoms with Crippen molar-refractivity contribution in [1.29, 1.82) is 0 Å². The molecule has 2 aromatic rings. The van der Waals surface area contributed by atoms with E-state index in [1.807, 2.05) is 14.0 Å². The van der Waals surface area contributed by atoms with Crippen molar-refractivity contribution in [1.82, 2.24) is 19.7 Å². The molecular weight excluding hydrogens is 208 g/mol. The quantitative estimate of drug-likeness (QED) is 0.581. The summed E-state index contributed by atoms with van der Waals surface area (Å²) in [7, 11) is 1.81. The topological polar surface area (TPSA) is 90.9 Å². The van der Waals surface area contributed by atoms with Gasteiger partial charge >= 0.3 is 0 Å². The van der Waals surface area contributed by atoms with Crippen LogP contribution in [0.3, 0.4) is 0 Å². The summed E-state index contributed by atoms with van der Waals surface area (Å²) in [5.41, 5.74) is 3.22. The van der Waals surface area contributed by atoms with E-state index in [4.69, 9.17) is 10.6 Å². The second-order valence-corrected chi connectivity index (χ2v) is 3.25. The highest BCUT2D eigenvalue weighted by Crippen LogP contribution is 2.24. The minimum absolute atomic E-state index is 0.455. The van der Waals surface area contributed by atoms with E-state index in [2.05, 4.69) is 20.5 Å². The summed E-state index contributed by atoms with van der Waals surface area (Å²) in [6.07, 6.45) is 4.74. The zero-order valence-electron chi connectivity index (χ0n) is 9.01. The molecule has 0 spiro atoms. The SMILES string of the molecule is Cc1c(NN)ncnc1Oc1cnn(C)c1. The van der Waals surface area contributed by atoms with Gasteiger partial charge in [0.2, 0.25) is 5.88 Å².